The fourth-order valence-electron chi connectivity index (χ4n) is 4.66. The topological polar surface area (TPSA) is 109 Å². The Kier molecular flexibility index (Phi) is 7.37. The van der Waals surface area contributed by atoms with Gasteiger partial charge in [0.25, 0.3) is 0 Å². The first-order valence-electron chi connectivity index (χ1n) is 11.5. The number of aromatic nitrogens is 1. The van der Waals surface area contributed by atoms with Gasteiger partial charge in [0.05, 0.1) is 17.7 Å². The van der Waals surface area contributed by atoms with Crippen LogP contribution in [-0.2, 0) is 14.8 Å². The van der Waals surface area contributed by atoms with Crippen LogP contribution >= 0.6 is 11.3 Å². The van der Waals surface area contributed by atoms with Crippen LogP contribution in [0.15, 0.2) is 23.1 Å². The van der Waals surface area contributed by atoms with Crippen LogP contribution in [0.1, 0.15) is 51.1 Å². The molecule has 1 aliphatic heterocycles. The second-order valence-electron chi connectivity index (χ2n) is 8.97. The number of rotatable bonds is 7. The number of nitrogens with zero attached hydrogens (tertiary/aromatic N) is 1. The Morgan fingerprint density at radius 2 is 2.00 bits per heavy atom. The smallest absolute Gasteiger partial charge is 0.244 e. The zero-order chi connectivity index (χ0) is 23.6. The van der Waals surface area contributed by atoms with Crippen molar-refractivity contribution in [1.29, 1.82) is 0 Å². The van der Waals surface area contributed by atoms with Gasteiger partial charge in [-0.05, 0) is 69.8 Å². The van der Waals surface area contributed by atoms with E-state index in [0.717, 1.165) is 61.2 Å². The number of aryl methyl sites for hydroxylation is 1. The number of carbonyl (C=O) groups excluding carboxylic acids is 1. The van der Waals surface area contributed by atoms with E-state index in [1.807, 2.05) is 13.0 Å². The number of benzene rings is 1. The number of nitrogens with one attached hydrogen (secondary N) is 3. The van der Waals surface area contributed by atoms with Crippen LogP contribution in [0, 0.1) is 12.8 Å². The minimum Gasteiger partial charge on any atom is -0.495 e. The summed E-state index contributed by atoms with van der Waals surface area (Å²) in [4.78, 5) is 18.0. The first-order chi connectivity index (χ1) is 15.8. The van der Waals surface area contributed by atoms with Crippen LogP contribution in [0.5, 0.6) is 5.75 Å². The SMILES string of the molecule is COc1ccc(-c2sc(NC(=O)C3CCCC3)nc2C)cc1S(=O)(=O)NC1CCNC(C)C1. The van der Waals surface area contributed by atoms with Crippen molar-refractivity contribution in [2.45, 2.75) is 69.4 Å². The van der Waals surface area contributed by atoms with E-state index in [2.05, 4.69) is 27.3 Å². The second-order valence-corrected chi connectivity index (χ2v) is 11.6. The molecule has 2 aliphatic rings. The molecule has 1 aromatic carbocycles. The van der Waals surface area contributed by atoms with Gasteiger partial charge in [-0.2, -0.15) is 0 Å². The molecule has 1 saturated carbocycles. The fourth-order valence-corrected chi connectivity index (χ4v) is 7.11. The fraction of sp³-hybridized carbons (Fsp3) is 0.565. The van der Waals surface area contributed by atoms with Crippen molar-refractivity contribution in [3.05, 3.63) is 23.9 Å². The summed E-state index contributed by atoms with van der Waals surface area (Å²) in [6.45, 7) is 4.70. The molecule has 2 fully saturated rings. The lowest BCUT2D eigenvalue weighted by atomic mass is 10.0. The standard InChI is InChI=1S/C23H32N4O4S2/c1-14-12-18(10-11-24-14)27-33(29,30)20-13-17(8-9-19(20)31-3)21-15(2)25-23(32-21)26-22(28)16-6-4-5-7-16/h8-9,13-14,16,18,24,27H,4-7,10-12H2,1-3H3,(H,25,26,28). The van der Waals surface area contributed by atoms with Gasteiger partial charge in [-0.25, -0.2) is 18.1 Å². The van der Waals surface area contributed by atoms with Crippen LogP contribution in [0.2, 0.25) is 0 Å². The maximum absolute atomic E-state index is 13.3. The molecule has 1 saturated heterocycles. The molecule has 10 heteroatoms. The third-order valence-electron chi connectivity index (χ3n) is 6.41. The van der Waals surface area contributed by atoms with Crippen molar-refractivity contribution in [3.8, 4) is 16.2 Å². The summed E-state index contributed by atoms with van der Waals surface area (Å²) >= 11 is 1.36. The van der Waals surface area contributed by atoms with Gasteiger partial charge in [0.2, 0.25) is 15.9 Å². The zero-order valence-electron chi connectivity index (χ0n) is 19.3. The average molecular weight is 493 g/mol. The maximum atomic E-state index is 13.3. The largest absolute Gasteiger partial charge is 0.495 e. The molecule has 33 heavy (non-hydrogen) atoms. The first kappa shape index (κ1) is 24.1. The van der Waals surface area contributed by atoms with Crippen LogP contribution < -0.4 is 20.1 Å². The normalized spacial score (nSPS) is 21.8. The van der Waals surface area contributed by atoms with E-state index >= 15 is 0 Å². The third-order valence-corrected chi connectivity index (χ3v) is 9.08. The molecule has 1 amide bonds. The number of thiazole rings is 1. The summed E-state index contributed by atoms with van der Waals surface area (Å²) in [5.41, 5.74) is 1.47. The average Bonchev–Trinajstić information content (AvgIpc) is 3.43. The Bertz CT molecular complexity index is 1110. The number of methoxy groups -OCH3 is 1. The van der Waals surface area contributed by atoms with Crippen molar-refractivity contribution in [2.24, 2.45) is 5.92 Å². The van der Waals surface area contributed by atoms with E-state index in [-0.39, 0.29) is 28.8 Å². The summed E-state index contributed by atoms with van der Waals surface area (Å²) in [7, 11) is -2.31. The highest BCUT2D eigenvalue weighted by Gasteiger charge is 2.28. The Labute approximate surface area is 199 Å². The third kappa shape index (κ3) is 5.56. The van der Waals surface area contributed by atoms with E-state index in [4.69, 9.17) is 4.74 Å². The molecule has 2 aromatic rings. The van der Waals surface area contributed by atoms with Crippen molar-refractivity contribution < 1.29 is 17.9 Å². The molecule has 3 N–H and O–H groups in total. The minimum absolute atomic E-state index is 0.0196. The van der Waals surface area contributed by atoms with E-state index in [1.54, 1.807) is 12.1 Å². The van der Waals surface area contributed by atoms with Crippen LogP contribution in [-0.4, -0.2) is 45.0 Å². The number of ether oxygens (including phenoxy) is 1. The molecule has 2 atom stereocenters. The lowest BCUT2D eigenvalue weighted by Gasteiger charge is -2.28. The molecule has 0 spiro atoms. The van der Waals surface area contributed by atoms with E-state index in [9.17, 15) is 13.2 Å². The summed E-state index contributed by atoms with van der Waals surface area (Å²) in [6.07, 6.45) is 5.50. The van der Waals surface area contributed by atoms with Crippen molar-refractivity contribution in [3.63, 3.8) is 0 Å². The summed E-state index contributed by atoms with van der Waals surface area (Å²) in [5, 5.41) is 6.83. The van der Waals surface area contributed by atoms with E-state index in [0.29, 0.717) is 10.9 Å². The van der Waals surface area contributed by atoms with Gasteiger partial charge in [0.15, 0.2) is 5.13 Å². The highest BCUT2D eigenvalue weighted by atomic mass is 32.2. The number of amides is 1. The Morgan fingerprint density at radius 3 is 2.70 bits per heavy atom. The monoisotopic (exact) mass is 492 g/mol. The van der Waals surface area contributed by atoms with E-state index < -0.39 is 10.0 Å². The quantitative estimate of drug-likeness (QED) is 0.544. The first-order valence-corrected chi connectivity index (χ1v) is 13.8. The molecule has 1 aliphatic carbocycles. The number of anilines is 1. The van der Waals surface area contributed by atoms with Crippen molar-refractivity contribution >= 4 is 32.4 Å². The van der Waals surface area contributed by atoms with E-state index in [1.165, 1.54) is 18.4 Å². The van der Waals surface area contributed by atoms with Gasteiger partial charge in [-0.1, -0.05) is 24.2 Å². The second kappa shape index (κ2) is 10.1. The van der Waals surface area contributed by atoms with Crippen LogP contribution in [0.3, 0.4) is 0 Å². The molecule has 180 valence electrons. The molecule has 8 nitrogen and oxygen atoms in total. The Balaban J connectivity index is 1.58. The molecule has 0 radical (unpaired) electrons. The molecule has 4 rings (SSSR count). The van der Waals surface area contributed by atoms with Crippen LogP contribution in [0.4, 0.5) is 5.13 Å². The predicted molar refractivity (Wildman–Crippen MR) is 130 cm³/mol. The minimum atomic E-state index is -3.78. The van der Waals surface area contributed by atoms with Gasteiger partial charge in [0.1, 0.15) is 10.6 Å². The summed E-state index contributed by atoms with van der Waals surface area (Å²) < 4.78 is 34.8. The lowest BCUT2D eigenvalue weighted by Crippen LogP contribution is -2.46. The van der Waals surface area contributed by atoms with Gasteiger partial charge >= 0.3 is 0 Å². The van der Waals surface area contributed by atoms with Crippen molar-refractivity contribution in [1.82, 2.24) is 15.0 Å². The van der Waals surface area contributed by atoms with Crippen molar-refractivity contribution in [2.75, 3.05) is 19.0 Å². The number of carbonyl (C=O) groups is 1. The molecule has 2 unspecified atom stereocenters. The maximum Gasteiger partial charge on any atom is 0.244 e. The molecule has 2 heterocycles. The van der Waals surface area contributed by atoms with Crippen LogP contribution in [0.25, 0.3) is 10.4 Å². The number of sulfonamides is 1. The molecule has 1 aromatic heterocycles. The highest BCUT2D eigenvalue weighted by molar-refractivity contribution is 7.89. The van der Waals surface area contributed by atoms with Gasteiger partial charge in [-0.15, -0.1) is 0 Å². The summed E-state index contributed by atoms with van der Waals surface area (Å²) in [5.74, 6) is 0.371. The van der Waals surface area contributed by atoms with Gasteiger partial charge in [0, 0.05) is 18.0 Å². The number of hydrogen-bond donors (Lipinski definition) is 3. The number of hydrogen-bond acceptors (Lipinski definition) is 7. The summed E-state index contributed by atoms with van der Waals surface area (Å²) in [6, 6.07) is 5.27. The lowest BCUT2D eigenvalue weighted by molar-refractivity contribution is -0.119. The zero-order valence-corrected chi connectivity index (χ0v) is 20.9. The molecular weight excluding hydrogens is 460 g/mol. The van der Waals surface area contributed by atoms with Gasteiger partial charge < -0.3 is 15.4 Å². The Morgan fingerprint density at radius 1 is 1.24 bits per heavy atom. The Hall–Kier alpha value is -2.01. The molecular formula is C23H32N4O4S2. The van der Waals surface area contributed by atoms with Gasteiger partial charge in [-0.3, -0.25) is 4.79 Å². The predicted octanol–water partition coefficient (Wildman–Crippen LogP) is 3.67. The highest BCUT2D eigenvalue weighted by Crippen LogP contribution is 2.37. The molecule has 0 bridgehead atoms. The number of piperidine rings is 1.